The number of benzene rings is 11. The van der Waals surface area contributed by atoms with Crippen molar-refractivity contribution in [3.8, 4) is 73.0 Å². The van der Waals surface area contributed by atoms with Crippen molar-refractivity contribution >= 4 is 65.1 Å². The van der Waals surface area contributed by atoms with Gasteiger partial charge in [0.1, 0.15) is 11.4 Å². The molecule has 0 aliphatic heterocycles. The van der Waals surface area contributed by atoms with Crippen LogP contribution in [0.5, 0.6) is 0 Å². The minimum atomic E-state index is 0.659. The fraction of sp³-hybridized carbons (Fsp3) is 0. The first-order valence-electron chi connectivity index (χ1n) is 23.8. The normalized spacial score (nSPS) is 11.7. The van der Waals surface area contributed by atoms with Crippen molar-refractivity contribution in [2.75, 3.05) is 0 Å². The van der Waals surface area contributed by atoms with Crippen molar-refractivity contribution in [1.29, 1.82) is 0 Å². The van der Waals surface area contributed by atoms with Gasteiger partial charge in [-0.25, -0.2) is 9.97 Å². The molecule has 4 heteroatoms. The number of nitrogens with zero attached hydrogens (tertiary/aromatic N) is 3. The van der Waals surface area contributed by atoms with Gasteiger partial charge < -0.3 is 4.42 Å². The monoisotopic (exact) mass is 891 g/mol. The summed E-state index contributed by atoms with van der Waals surface area (Å²) in [7, 11) is 0. The Balaban J connectivity index is 1.04. The SMILES string of the molecule is c1ccc(-c2ccc(-c3cc(-n4c5ccc(-c6ccccc6)cc5c5cc6c7ccccc7c7cc(-c8cccc9ccoc89)ccc7c6cc54)nc(-c4ccc(-c5ccccc5)cc4)n3)cc2)cc1. The molecule has 3 aromatic heterocycles. The van der Waals surface area contributed by atoms with Gasteiger partial charge in [0.05, 0.1) is 23.0 Å². The Morgan fingerprint density at radius 3 is 1.50 bits per heavy atom. The van der Waals surface area contributed by atoms with Crippen LogP contribution in [0.25, 0.3) is 138 Å². The number of hydrogen-bond acceptors (Lipinski definition) is 3. The molecule has 0 atom stereocenters. The molecule has 0 N–H and O–H groups in total. The molecule has 326 valence electrons. The molecule has 0 aliphatic rings. The van der Waals surface area contributed by atoms with E-state index < -0.39 is 0 Å². The number of para-hydroxylation sites is 1. The zero-order valence-electron chi connectivity index (χ0n) is 37.9. The minimum Gasteiger partial charge on any atom is -0.464 e. The van der Waals surface area contributed by atoms with Gasteiger partial charge in [0.25, 0.3) is 0 Å². The van der Waals surface area contributed by atoms with E-state index in [0.717, 1.165) is 83.2 Å². The van der Waals surface area contributed by atoms with Crippen LogP contribution in [0.1, 0.15) is 0 Å². The molecular formula is C66H41N3O. The lowest BCUT2D eigenvalue weighted by Gasteiger charge is -2.15. The first-order chi connectivity index (χ1) is 34.7. The van der Waals surface area contributed by atoms with Crippen molar-refractivity contribution in [3.63, 3.8) is 0 Å². The maximum absolute atomic E-state index is 6.05. The Kier molecular flexibility index (Phi) is 9.17. The Morgan fingerprint density at radius 1 is 0.300 bits per heavy atom. The molecule has 14 rings (SSSR count). The largest absolute Gasteiger partial charge is 0.464 e. The fourth-order valence-electron chi connectivity index (χ4n) is 10.6. The van der Waals surface area contributed by atoms with Crippen LogP contribution in [0, 0.1) is 0 Å². The van der Waals surface area contributed by atoms with Crippen molar-refractivity contribution in [2.24, 2.45) is 0 Å². The predicted molar refractivity (Wildman–Crippen MR) is 291 cm³/mol. The average molecular weight is 892 g/mol. The highest BCUT2D eigenvalue weighted by Gasteiger charge is 2.21. The smallest absolute Gasteiger partial charge is 0.162 e. The lowest BCUT2D eigenvalue weighted by Crippen LogP contribution is -2.02. The molecular weight excluding hydrogens is 851 g/mol. The number of hydrogen-bond donors (Lipinski definition) is 0. The molecule has 11 aromatic carbocycles. The van der Waals surface area contributed by atoms with Crippen LogP contribution in [0.15, 0.2) is 253 Å². The van der Waals surface area contributed by atoms with E-state index in [1.54, 1.807) is 6.26 Å². The van der Waals surface area contributed by atoms with Crippen molar-refractivity contribution in [3.05, 3.63) is 249 Å². The molecule has 0 saturated carbocycles. The summed E-state index contributed by atoms with van der Waals surface area (Å²) in [5.74, 6) is 1.46. The van der Waals surface area contributed by atoms with E-state index in [-0.39, 0.29) is 0 Å². The van der Waals surface area contributed by atoms with Crippen LogP contribution < -0.4 is 0 Å². The van der Waals surface area contributed by atoms with Crippen molar-refractivity contribution < 1.29 is 4.42 Å². The van der Waals surface area contributed by atoms with E-state index >= 15 is 0 Å². The second-order valence-electron chi connectivity index (χ2n) is 18.1. The van der Waals surface area contributed by atoms with E-state index in [1.807, 2.05) is 6.07 Å². The molecule has 0 radical (unpaired) electrons. The van der Waals surface area contributed by atoms with E-state index in [9.17, 15) is 0 Å². The highest BCUT2D eigenvalue weighted by Crippen LogP contribution is 2.44. The highest BCUT2D eigenvalue weighted by molar-refractivity contribution is 6.29. The maximum atomic E-state index is 6.05. The summed E-state index contributed by atoms with van der Waals surface area (Å²) in [5.41, 5.74) is 15.0. The van der Waals surface area contributed by atoms with Gasteiger partial charge >= 0.3 is 0 Å². The molecule has 0 aliphatic carbocycles. The Morgan fingerprint density at radius 2 is 0.814 bits per heavy atom. The molecule has 0 bridgehead atoms. The van der Waals surface area contributed by atoms with Gasteiger partial charge in [-0.05, 0) is 108 Å². The van der Waals surface area contributed by atoms with Crippen molar-refractivity contribution in [2.45, 2.75) is 0 Å². The van der Waals surface area contributed by atoms with E-state index in [0.29, 0.717) is 5.82 Å². The van der Waals surface area contributed by atoms with Crippen LogP contribution in [0.4, 0.5) is 0 Å². The highest BCUT2D eigenvalue weighted by atomic mass is 16.3. The second-order valence-corrected chi connectivity index (χ2v) is 18.1. The van der Waals surface area contributed by atoms with Crippen LogP contribution in [0.3, 0.4) is 0 Å². The molecule has 14 aromatic rings. The number of fused-ring (bicyclic) bond motifs is 10. The molecule has 70 heavy (non-hydrogen) atoms. The van der Waals surface area contributed by atoms with E-state index in [1.165, 1.54) is 49.0 Å². The lowest BCUT2D eigenvalue weighted by molar-refractivity contribution is 0.617. The van der Waals surface area contributed by atoms with Crippen LogP contribution in [0.2, 0.25) is 0 Å². The third kappa shape index (κ3) is 6.61. The maximum Gasteiger partial charge on any atom is 0.162 e. The summed E-state index contributed by atoms with van der Waals surface area (Å²) in [4.78, 5) is 10.9. The number of rotatable bonds is 7. The Bertz CT molecular complexity index is 4210. The van der Waals surface area contributed by atoms with E-state index in [4.69, 9.17) is 14.4 Å². The Hall–Kier alpha value is -9.38. The summed E-state index contributed by atoms with van der Waals surface area (Å²) < 4.78 is 8.41. The van der Waals surface area contributed by atoms with Crippen molar-refractivity contribution in [1.82, 2.24) is 14.5 Å². The fourth-order valence-corrected chi connectivity index (χ4v) is 10.6. The standard InChI is InChI=1S/C66H41N3O/c1-4-13-42(14-5-1)45-23-27-47(28-24-45)61-41-64(68-66(67-61)49-29-25-46(26-30-49)43-15-6-2-7-16-43)69-62-34-32-50(44-17-8-3-9-18-44)37-59(62)60-39-57-54-21-11-10-20-53(54)56-38-51(31-33-55(56)58(57)40-63(60)69)52-22-12-19-48-35-36-70-65(48)52/h1-41H. The third-order valence-electron chi connectivity index (χ3n) is 14.1. The zero-order valence-corrected chi connectivity index (χ0v) is 37.9. The summed E-state index contributed by atoms with van der Waals surface area (Å²) in [6.45, 7) is 0. The first kappa shape index (κ1) is 39.8. The van der Waals surface area contributed by atoms with Crippen LogP contribution in [-0.4, -0.2) is 14.5 Å². The number of furan rings is 1. The lowest BCUT2D eigenvalue weighted by atomic mass is 9.91. The van der Waals surface area contributed by atoms with Gasteiger partial charge in [-0.1, -0.05) is 200 Å². The van der Waals surface area contributed by atoms with Crippen LogP contribution in [-0.2, 0) is 0 Å². The van der Waals surface area contributed by atoms with E-state index in [2.05, 4.69) is 241 Å². The molecule has 0 amide bonds. The average Bonchev–Trinajstić information content (AvgIpc) is 4.06. The van der Waals surface area contributed by atoms with Gasteiger partial charge in [0, 0.05) is 38.9 Å². The minimum absolute atomic E-state index is 0.659. The Labute approximate surface area is 404 Å². The first-order valence-corrected chi connectivity index (χ1v) is 23.8. The summed E-state index contributed by atoms with van der Waals surface area (Å²) in [6, 6.07) is 87.0. The second kappa shape index (κ2) is 16.2. The zero-order chi connectivity index (χ0) is 46.1. The molecule has 4 nitrogen and oxygen atoms in total. The molecule has 0 unspecified atom stereocenters. The summed E-state index contributed by atoms with van der Waals surface area (Å²) >= 11 is 0. The summed E-state index contributed by atoms with van der Waals surface area (Å²) in [6.07, 6.45) is 1.78. The molecule has 0 spiro atoms. The topological polar surface area (TPSA) is 43.9 Å². The van der Waals surface area contributed by atoms with Gasteiger partial charge in [-0.2, -0.15) is 0 Å². The quantitative estimate of drug-likeness (QED) is 0.150. The molecule has 0 saturated heterocycles. The third-order valence-corrected chi connectivity index (χ3v) is 14.1. The summed E-state index contributed by atoms with van der Waals surface area (Å²) in [5, 5.41) is 10.6. The van der Waals surface area contributed by atoms with Crippen LogP contribution >= 0.6 is 0 Å². The van der Waals surface area contributed by atoms with Gasteiger partial charge in [0.2, 0.25) is 0 Å². The van der Waals surface area contributed by atoms with Gasteiger partial charge in [-0.15, -0.1) is 0 Å². The molecule has 0 fully saturated rings. The number of aromatic nitrogens is 3. The molecule has 3 heterocycles. The van der Waals surface area contributed by atoms with Gasteiger partial charge in [-0.3, -0.25) is 4.57 Å². The van der Waals surface area contributed by atoms with Gasteiger partial charge in [0.15, 0.2) is 5.82 Å². The predicted octanol–water partition coefficient (Wildman–Crippen LogP) is 17.8.